The van der Waals surface area contributed by atoms with E-state index in [1.165, 1.54) is 0 Å². The summed E-state index contributed by atoms with van der Waals surface area (Å²) in [6, 6.07) is 46.8. The van der Waals surface area contributed by atoms with Crippen LogP contribution in [0.5, 0.6) is 0 Å². The Hall–Kier alpha value is -3.82. The van der Waals surface area contributed by atoms with E-state index in [0.717, 1.165) is 27.0 Å². The zero-order valence-corrected chi connectivity index (χ0v) is 23.3. The second kappa shape index (κ2) is 11.1. The van der Waals surface area contributed by atoms with Gasteiger partial charge in [-0.2, -0.15) is 0 Å². The maximum atomic E-state index is 14.3. The fraction of sp³-hybridized carbons (Fsp3) is 0.0588. The van der Waals surface area contributed by atoms with Crippen LogP contribution in [0.1, 0.15) is 16.7 Å². The van der Waals surface area contributed by atoms with Crippen molar-refractivity contribution in [2.45, 2.75) is 11.9 Å². The fourth-order valence-corrected chi connectivity index (χ4v) is 14.5. The van der Waals surface area contributed by atoms with Crippen LogP contribution in [-0.4, -0.2) is 8.42 Å². The first kappa shape index (κ1) is 26.8. The molecule has 5 rings (SSSR count). The van der Waals surface area contributed by atoms with E-state index < -0.39 is 16.9 Å². The van der Waals surface area contributed by atoms with Crippen LogP contribution >= 0.6 is 6.83 Å². The molecule has 39 heavy (non-hydrogen) atoms. The van der Waals surface area contributed by atoms with Crippen molar-refractivity contribution >= 4 is 38.9 Å². The molecule has 0 aliphatic carbocycles. The third-order valence-corrected chi connectivity index (χ3v) is 15.1. The number of hydrogen-bond acceptors (Lipinski definition) is 3. The molecule has 0 fully saturated rings. The van der Waals surface area contributed by atoms with Gasteiger partial charge in [0.05, 0.1) is 0 Å². The van der Waals surface area contributed by atoms with Crippen LogP contribution in [-0.2, 0) is 26.0 Å². The Labute approximate surface area is 231 Å². The topological polar surface area (TPSA) is 43.4 Å². The van der Waals surface area contributed by atoms with Gasteiger partial charge in [0.25, 0.3) is 0 Å². The third kappa shape index (κ3) is 5.12. The van der Waals surface area contributed by atoms with Crippen LogP contribution in [0, 0.1) is 0 Å². The summed E-state index contributed by atoms with van der Waals surface area (Å²) >= 11 is 0. The summed E-state index contributed by atoms with van der Waals surface area (Å²) < 4.78 is 35.6. The van der Waals surface area contributed by atoms with Crippen molar-refractivity contribution in [2.75, 3.05) is 0 Å². The molecule has 5 aromatic carbocycles. The van der Waals surface area contributed by atoms with E-state index in [4.69, 9.17) is 3.97 Å². The molecule has 0 N–H and O–H groups in total. The van der Waals surface area contributed by atoms with Gasteiger partial charge >= 0.3 is 232 Å². The van der Waals surface area contributed by atoms with Gasteiger partial charge in [-0.05, 0) is 0 Å². The van der Waals surface area contributed by atoms with Crippen LogP contribution in [0.3, 0.4) is 0 Å². The summed E-state index contributed by atoms with van der Waals surface area (Å²) in [5.41, 5.74) is 2.50. The standard InChI is InChI=1S/C34H31O3PS/c1-2-31-21-15-16-26-34(31)38(32-22-11-5-12-23-32,33-24-13-6-14-25-33,27-29-17-7-3-8-18-29)37-39(35,36)28-30-19-9-4-10-20-30/h2-26H,1,27-28H2. The second-order valence-corrected chi connectivity index (χ2v) is 15.8. The first-order valence-corrected chi connectivity index (χ1v) is 16.7. The SMILES string of the molecule is C=Cc1ccccc1P(Cc1ccccc1)(OS(=O)(=O)Cc1ccccc1)(c1ccccc1)c1ccccc1. The normalized spacial score (nSPS) is 12.8. The van der Waals surface area contributed by atoms with Gasteiger partial charge in [-0.1, -0.05) is 0 Å². The van der Waals surface area contributed by atoms with Gasteiger partial charge in [-0.3, -0.25) is 0 Å². The average Bonchev–Trinajstić information content (AvgIpc) is 2.98. The molecule has 0 bridgehead atoms. The fourth-order valence-electron chi connectivity index (χ4n) is 5.41. The molecule has 5 aromatic rings. The maximum absolute atomic E-state index is 14.3. The molecule has 0 radical (unpaired) electrons. The molecule has 5 heteroatoms. The van der Waals surface area contributed by atoms with Crippen molar-refractivity contribution < 1.29 is 12.4 Å². The molecule has 0 aliphatic heterocycles. The molecule has 3 nitrogen and oxygen atoms in total. The average molecular weight is 551 g/mol. The quantitative estimate of drug-likeness (QED) is 0.179. The van der Waals surface area contributed by atoms with Crippen molar-refractivity contribution in [2.24, 2.45) is 0 Å². The number of hydrogen-bond donors (Lipinski definition) is 0. The summed E-state index contributed by atoms with van der Waals surface area (Å²) in [5.74, 6) is -0.240. The van der Waals surface area contributed by atoms with Crippen molar-refractivity contribution in [3.8, 4) is 0 Å². The molecule has 0 unspecified atom stereocenters. The summed E-state index contributed by atoms with van der Waals surface area (Å²) in [6.07, 6.45) is 2.15. The minimum atomic E-state index is -4.27. The van der Waals surface area contributed by atoms with Crippen LogP contribution in [0.2, 0.25) is 0 Å². The first-order valence-electron chi connectivity index (χ1n) is 12.8. The van der Waals surface area contributed by atoms with Crippen molar-refractivity contribution in [3.63, 3.8) is 0 Å². The zero-order chi connectivity index (χ0) is 27.2. The minimum absolute atomic E-state index is 0.240. The van der Waals surface area contributed by atoms with Crippen molar-refractivity contribution in [1.29, 1.82) is 0 Å². The van der Waals surface area contributed by atoms with Crippen LogP contribution in [0.15, 0.2) is 152 Å². The molecule has 0 spiro atoms. The summed E-state index contributed by atoms with van der Waals surface area (Å²) in [5, 5.41) is 2.50. The van der Waals surface area contributed by atoms with E-state index in [0.29, 0.717) is 11.7 Å². The van der Waals surface area contributed by atoms with Gasteiger partial charge in [0.2, 0.25) is 0 Å². The van der Waals surface area contributed by atoms with E-state index in [-0.39, 0.29) is 5.75 Å². The van der Waals surface area contributed by atoms with E-state index >= 15 is 0 Å². The molecule has 196 valence electrons. The van der Waals surface area contributed by atoms with Gasteiger partial charge in [0.1, 0.15) is 0 Å². The van der Waals surface area contributed by atoms with E-state index in [2.05, 4.69) is 6.58 Å². The van der Waals surface area contributed by atoms with Gasteiger partial charge in [-0.15, -0.1) is 0 Å². The van der Waals surface area contributed by atoms with Crippen LogP contribution < -0.4 is 15.9 Å². The molecule has 0 saturated carbocycles. The first-order chi connectivity index (χ1) is 19.0. The van der Waals surface area contributed by atoms with Crippen molar-refractivity contribution in [3.05, 3.63) is 169 Å². The summed E-state index contributed by atoms with van der Waals surface area (Å²) in [6.45, 7) is -0.156. The van der Waals surface area contributed by atoms with Gasteiger partial charge in [-0.25, -0.2) is 0 Å². The summed E-state index contributed by atoms with van der Waals surface area (Å²) in [4.78, 5) is 0. The Bertz CT molecular complexity index is 1610. The van der Waals surface area contributed by atoms with Crippen LogP contribution in [0.25, 0.3) is 6.08 Å². The number of rotatable bonds is 10. The Kier molecular flexibility index (Phi) is 7.63. The molecule has 0 saturated heterocycles. The van der Waals surface area contributed by atoms with Crippen molar-refractivity contribution in [1.82, 2.24) is 0 Å². The Morgan fingerprint density at radius 1 is 0.590 bits per heavy atom. The molecule has 0 aliphatic rings. The Morgan fingerprint density at radius 3 is 1.54 bits per heavy atom. The molecular formula is C34H31O3PS. The third-order valence-electron chi connectivity index (χ3n) is 7.06. The summed E-state index contributed by atoms with van der Waals surface area (Å²) in [7, 11) is -4.12. The molecule has 0 heterocycles. The number of benzene rings is 5. The van der Waals surface area contributed by atoms with E-state index in [1.54, 1.807) is 6.08 Å². The van der Waals surface area contributed by atoms with Gasteiger partial charge < -0.3 is 0 Å². The predicted octanol–water partition coefficient (Wildman–Crippen LogP) is 6.82. The molecule has 0 aromatic heterocycles. The monoisotopic (exact) mass is 550 g/mol. The molecule has 0 atom stereocenters. The van der Waals surface area contributed by atoms with E-state index in [9.17, 15) is 8.42 Å². The van der Waals surface area contributed by atoms with Crippen LogP contribution in [0.4, 0.5) is 0 Å². The Balaban J connectivity index is 1.94. The molecule has 0 amide bonds. The Morgan fingerprint density at radius 2 is 1.03 bits per heavy atom. The van der Waals surface area contributed by atoms with Gasteiger partial charge in [0, 0.05) is 0 Å². The molecular weight excluding hydrogens is 519 g/mol. The zero-order valence-electron chi connectivity index (χ0n) is 21.6. The van der Waals surface area contributed by atoms with E-state index in [1.807, 2.05) is 146 Å². The predicted molar refractivity (Wildman–Crippen MR) is 166 cm³/mol. The second-order valence-electron chi connectivity index (χ2n) is 9.55. The van der Waals surface area contributed by atoms with Gasteiger partial charge in [0.15, 0.2) is 0 Å².